The number of aromatic nitrogens is 3. The Morgan fingerprint density at radius 2 is 1.76 bits per heavy atom. The van der Waals surface area contributed by atoms with Crippen molar-refractivity contribution >= 4 is 16.7 Å². The number of hydrogen-bond acceptors (Lipinski definition) is 4. The molecule has 0 bridgehead atoms. The van der Waals surface area contributed by atoms with Crippen LogP contribution < -0.4 is 10.9 Å². The largest absolute Gasteiger partial charge is 0.414 e. The summed E-state index contributed by atoms with van der Waals surface area (Å²) in [5, 5.41) is 7.91. The van der Waals surface area contributed by atoms with Crippen molar-refractivity contribution in [3.05, 3.63) is 70.4 Å². The van der Waals surface area contributed by atoms with Gasteiger partial charge in [0.2, 0.25) is 0 Å². The number of aromatic amines is 1. The molecular weight excluding hydrogens is 337 g/mol. The van der Waals surface area contributed by atoms with Crippen molar-refractivity contribution in [3.63, 3.8) is 0 Å². The van der Waals surface area contributed by atoms with Crippen molar-refractivity contribution in [2.45, 2.75) is 12.2 Å². The Morgan fingerprint density at radius 3 is 2.40 bits per heavy atom. The highest BCUT2D eigenvalue weighted by Crippen LogP contribution is 2.31. The summed E-state index contributed by atoms with van der Waals surface area (Å²) in [5.74, 6) is -1.07. The average Bonchev–Trinajstić information content (AvgIpc) is 2.60. The number of amides is 1. The topological polar surface area (TPSA) is 87.7 Å². The summed E-state index contributed by atoms with van der Waals surface area (Å²) in [7, 11) is 0. The van der Waals surface area contributed by atoms with Crippen molar-refractivity contribution in [2.24, 2.45) is 0 Å². The molecule has 3 aromatic rings. The Labute approximate surface area is 138 Å². The molecule has 3 rings (SSSR count). The summed E-state index contributed by atoms with van der Waals surface area (Å²) >= 11 is 0. The van der Waals surface area contributed by atoms with Crippen LogP contribution in [0.2, 0.25) is 0 Å². The molecule has 0 aliphatic carbocycles. The van der Waals surface area contributed by atoms with Crippen molar-refractivity contribution < 1.29 is 18.0 Å². The van der Waals surface area contributed by atoms with E-state index in [1.807, 2.05) is 5.32 Å². The quantitative estimate of drug-likeness (QED) is 0.761. The predicted octanol–water partition coefficient (Wildman–Crippen LogP) is 2.35. The monoisotopic (exact) mass is 348 g/mol. The number of carbonyl (C=O) groups is 1. The third kappa shape index (κ3) is 3.35. The number of pyridine rings is 1. The minimum atomic E-state index is -4.75. The van der Waals surface area contributed by atoms with Crippen LogP contribution in [-0.2, 0) is 0 Å². The molecule has 0 saturated heterocycles. The van der Waals surface area contributed by atoms with Crippen molar-refractivity contribution in [3.8, 4) is 0 Å². The molecular formula is C16H11F3N4O2. The lowest BCUT2D eigenvalue weighted by molar-refractivity contribution is -0.156. The number of halogens is 3. The van der Waals surface area contributed by atoms with E-state index in [4.69, 9.17) is 0 Å². The van der Waals surface area contributed by atoms with Gasteiger partial charge in [-0.1, -0.05) is 24.3 Å². The number of nitrogens with zero attached hydrogens (tertiary/aromatic N) is 2. The van der Waals surface area contributed by atoms with Crippen LogP contribution in [0, 0.1) is 0 Å². The molecule has 2 heterocycles. The molecule has 128 valence electrons. The first-order chi connectivity index (χ1) is 11.9. The van der Waals surface area contributed by atoms with Crippen LogP contribution in [-0.4, -0.2) is 27.3 Å². The van der Waals surface area contributed by atoms with Crippen LogP contribution >= 0.6 is 0 Å². The van der Waals surface area contributed by atoms with Crippen LogP contribution in [0.25, 0.3) is 10.8 Å². The van der Waals surface area contributed by atoms with Gasteiger partial charge in [-0.3, -0.25) is 14.6 Å². The summed E-state index contributed by atoms with van der Waals surface area (Å²) in [6.07, 6.45) is -3.55. The van der Waals surface area contributed by atoms with E-state index in [0.717, 1.165) is 6.07 Å². The van der Waals surface area contributed by atoms with Crippen molar-refractivity contribution in [1.82, 2.24) is 20.5 Å². The van der Waals surface area contributed by atoms with E-state index in [-0.39, 0.29) is 22.2 Å². The maximum absolute atomic E-state index is 13.3. The first kappa shape index (κ1) is 16.6. The van der Waals surface area contributed by atoms with Gasteiger partial charge in [0.1, 0.15) is 0 Å². The van der Waals surface area contributed by atoms with Crippen LogP contribution in [0.4, 0.5) is 13.2 Å². The molecule has 6 nitrogen and oxygen atoms in total. The van der Waals surface area contributed by atoms with Crippen LogP contribution in [0.1, 0.15) is 22.2 Å². The fourth-order valence-electron chi connectivity index (χ4n) is 2.36. The number of hydrogen-bond donors (Lipinski definition) is 2. The van der Waals surface area contributed by atoms with Gasteiger partial charge in [-0.2, -0.15) is 18.3 Å². The Hall–Kier alpha value is -3.23. The van der Waals surface area contributed by atoms with Crippen LogP contribution in [0.15, 0.2) is 53.5 Å². The van der Waals surface area contributed by atoms with E-state index >= 15 is 0 Å². The SMILES string of the molecule is O=C(NC(c1ccccn1)C(F)(F)F)c1n[nH]c(=O)c2ccccc12. The van der Waals surface area contributed by atoms with E-state index in [0.29, 0.717) is 0 Å². The van der Waals surface area contributed by atoms with Gasteiger partial charge >= 0.3 is 6.18 Å². The zero-order chi connectivity index (χ0) is 18.0. The van der Waals surface area contributed by atoms with Crippen LogP contribution in [0.5, 0.6) is 0 Å². The Morgan fingerprint density at radius 1 is 1.08 bits per heavy atom. The molecule has 0 fully saturated rings. The first-order valence-electron chi connectivity index (χ1n) is 7.14. The van der Waals surface area contributed by atoms with E-state index in [9.17, 15) is 22.8 Å². The lowest BCUT2D eigenvalue weighted by Crippen LogP contribution is -2.39. The van der Waals surface area contributed by atoms with Gasteiger partial charge in [0.05, 0.1) is 11.1 Å². The molecule has 0 aliphatic heterocycles. The molecule has 0 saturated carbocycles. The molecule has 0 spiro atoms. The maximum atomic E-state index is 13.3. The van der Waals surface area contributed by atoms with E-state index in [2.05, 4.69) is 15.2 Å². The smallest absolute Gasteiger partial charge is 0.334 e. The van der Waals surface area contributed by atoms with Gasteiger partial charge in [-0.05, 0) is 18.2 Å². The van der Waals surface area contributed by atoms with Crippen LogP contribution in [0.3, 0.4) is 0 Å². The van der Waals surface area contributed by atoms with Crippen molar-refractivity contribution in [1.29, 1.82) is 0 Å². The molecule has 1 amide bonds. The fourth-order valence-corrected chi connectivity index (χ4v) is 2.36. The highest BCUT2D eigenvalue weighted by Gasteiger charge is 2.43. The van der Waals surface area contributed by atoms with Crippen molar-refractivity contribution in [2.75, 3.05) is 0 Å². The van der Waals surface area contributed by atoms with Gasteiger partial charge in [0.15, 0.2) is 11.7 Å². The lowest BCUT2D eigenvalue weighted by atomic mass is 10.1. The minimum Gasteiger partial charge on any atom is -0.334 e. The molecule has 0 radical (unpaired) electrons. The summed E-state index contributed by atoms with van der Waals surface area (Å²) in [5.41, 5.74) is -1.19. The van der Waals surface area contributed by atoms with E-state index in [1.54, 1.807) is 12.1 Å². The zero-order valence-electron chi connectivity index (χ0n) is 12.5. The fraction of sp³-hybridized carbons (Fsp3) is 0.125. The molecule has 25 heavy (non-hydrogen) atoms. The third-order valence-electron chi connectivity index (χ3n) is 3.50. The number of nitrogens with one attached hydrogen (secondary N) is 2. The molecule has 1 unspecified atom stereocenters. The number of alkyl halides is 3. The molecule has 1 aromatic carbocycles. The predicted molar refractivity (Wildman–Crippen MR) is 82.9 cm³/mol. The molecule has 9 heteroatoms. The number of rotatable bonds is 3. The maximum Gasteiger partial charge on any atom is 0.414 e. The van der Waals surface area contributed by atoms with Gasteiger partial charge in [-0.15, -0.1) is 0 Å². The standard InChI is InChI=1S/C16H11F3N4O2/c17-16(18,19)13(11-7-3-4-8-20-11)21-15(25)12-9-5-1-2-6-10(9)14(24)23-22-12/h1-8,13H,(H,21,25)(H,23,24). The highest BCUT2D eigenvalue weighted by molar-refractivity contribution is 6.04. The number of benzene rings is 1. The molecule has 0 aliphatic rings. The molecule has 1 atom stereocenters. The average molecular weight is 348 g/mol. The number of fused-ring (bicyclic) bond motifs is 1. The second-order valence-electron chi connectivity index (χ2n) is 5.15. The molecule has 2 aromatic heterocycles. The second-order valence-corrected chi connectivity index (χ2v) is 5.15. The first-order valence-corrected chi connectivity index (χ1v) is 7.14. The third-order valence-corrected chi connectivity index (χ3v) is 3.50. The van der Waals surface area contributed by atoms with Gasteiger partial charge < -0.3 is 5.32 Å². The second kappa shape index (κ2) is 6.34. The van der Waals surface area contributed by atoms with Gasteiger partial charge in [0, 0.05) is 11.6 Å². The van der Waals surface area contributed by atoms with Gasteiger partial charge in [-0.25, -0.2) is 5.10 Å². The number of carbonyl (C=O) groups excluding carboxylic acids is 1. The molecule has 2 N–H and O–H groups in total. The lowest BCUT2D eigenvalue weighted by Gasteiger charge is -2.21. The Kier molecular flexibility index (Phi) is 4.22. The Bertz CT molecular complexity index is 970. The Balaban J connectivity index is 2.01. The minimum absolute atomic E-state index is 0.157. The number of H-pyrrole nitrogens is 1. The van der Waals surface area contributed by atoms with Gasteiger partial charge in [0.25, 0.3) is 11.5 Å². The summed E-state index contributed by atoms with van der Waals surface area (Å²) in [6.45, 7) is 0. The van der Waals surface area contributed by atoms with E-state index in [1.165, 1.54) is 30.5 Å². The summed E-state index contributed by atoms with van der Waals surface area (Å²) < 4.78 is 40.0. The highest BCUT2D eigenvalue weighted by atomic mass is 19.4. The van der Waals surface area contributed by atoms with E-state index < -0.39 is 23.7 Å². The summed E-state index contributed by atoms with van der Waals surface area (Å²) in [6, 6.07) is 7.75. The normalized spacial score (nSPS) is 12.8. The zero-order valence-corrected chi connectivity index (χ0v) is 12.5. The summed E-state index contributed by atoms with van der Waals surface area (Å²) in [4.78, 5) is 27.7.